The van der Waals surface area contributed by atoms with Gasteiger partial charge in [-0.3, -0.25) is 0 Å². The van der Waals surface area contributed by atoms with Crippen LogP contribution in [0.1, 0.15) is 11.1 Å². The lowest BCUT2D eigenvalue weighted by atomic mass is 9.93. The van der Waals surface area contributed by atoms with Crippen LogP contribution in [0.3, 0.4) is 0 Å². The van der Waals surface area contributed by atoms with E-state index in [1.54, 1.807) is 0 Å². The summed E-state index contributed by atoms with van der Waals surface area (Å²) < 4.78 is 13.7. The molecule has 10 aromatic carbocycles. The minimum atomic E-state index is 0.864. The Morgan fingerprint density at radius 2 is 0.600 bits per heavy atom. The van der Waals surface area contributed by atoms with E-state index in [1.807, 2.05) is 0 Å². The molecule has 0 radical (unpaired) electrons. The number of benzene rings is 10. The number of fused-ring (bicyclic) bond motifs is 11. The SMILES string of the molecule is Cc1cccc2c1oc1c(N(c3ccccc3)c3cc4c5ccccc5c(N(c5ccccc5)c5cccc6c5oc5c(C)cccc56)cc4c4ccccc34)cccc12. The summed E-state index contributed by atoms with van der Waals surface area (Å²) in [6.45, 7) is 4.24. The van der Waals surface area contributed by atoms with Crippen molar-refractivity contribution in [1.82, 2.24) is 0 Å². The van der Waals surface area contributed by atoms with Crippen LogP contribution in [-0.2, 0) is 0 Å². The Morgan fingerprint density at radius 1 is 0.267 bits per heavy atom. The first-order chi connectivity index (χ1) is 29.6. The van der Waals surface area contributed by atoms with Crippen LogP contribution < -0.4 is 9.80 Å². The molecule has 0 aliphatic heterocycles. The van der Waals surface area contributed by atoms with Gasteiger partial charge in [0.1, 0.15) is 11.2 Å². The van der Waals surface area contributed by atoms with E-state index in [0.717, 1.165) is 111 Å². The monoisotopic (exact) mass is 770 g/mol. The zero-order valence-corrected chi connectivity index (χ0v) is 33.2. The van der Waals surface area contributed by atoms with E-state index in [9.17, 15) is 0 Å². The predicted molar refractivity (Wildman–Crippen MR) is 252 cm³/mol. The first kappa shape index (κ1) is 34.2. The molecule has 2 aromatic heterocycles. The Balaban J connectivity index is 1.17. The van der Waals surface area contributed by atoms with Gasteiger partial charge >= 0.3 is 0 Å². The first-order valence-electron chi connectivity index (χ1n) is 20.5. The molecule has 284 valence electrons. The molecule has 0 atom stereocenters. The zero-order valence-electron chi connectivity index (χ0n) is 33.2. The van der Waals surface area contributed by atoms with Gasteiger partial charge in [-0.15, -0.1) is 0 Å². The molecule has 0 amide bonds. The largest absolute Gasteiger partial charge is 0.454 e. The third-order valence-corrected chi connectivity index (χ3v) is 12.2. The predicted octanol–water partition coefficient (Wildman–Crippen LogP) is 16.5. The topological polar surface area (TPSA) is 32.8 Å². The van der Waals surface area contributed by atoms with Crippen LogP contribution in [0.15, 0.2) is 203 Å². The summed E-state index contributed by atoms with van der Waals surface area (Å²) in [6, 6.07) is 69.6. The minimum absolute atomic E-state index is 0.864. The van der Waals surface area contributed by atoms with Crippen molar-refractivity contribution in [3.05, 3.63) is 205 Å². The number of nitrogens with zero attached hydrogens (tertiary/aromatic N) is 2. The summed E-state index contributed by atoms with van der Waals surface area (Å²) in [4.78, 5) is 4.76. The molecule has 2 heterocycles. The van der Waals surface area contributed by atoms with Crippen molar-refractivity contribution in [3.63, 3.8) is 0 Å². The second kappa shape index (κ2) is 13.4. The lowest BCUT2D eigenvalue weighted by molar-refractivity contribution is 0.665. The molecule has 0 spiro atoms. The number of aryl methyl sites for hydroxylation is 2. The standard InChI is InChI=1S/C56H38N2O2/c1-35-17-13-27-43-45-29-15-31-49(55(45)59-53(35)43)57(37-19-5-3-6-20-37)51-33-47-40-24-10-12-26-42(40)52(34-48(47)39-23-9-11-25-41(39)51)58(38-21-7-4-8-22-38)50-32-16-30-46-44-28-14-18-36(2)54(44)60-56(46)50/h3-34H,1-2H3. The quantitative estimate of drug-likeness (QED) is 0.158. The first-order valence-corrected chi connectivity index (χ1v) is 20.5. The Morgan fingerprint density at radius 3 is 1.02 bits per heavy atom. The van der Waals surface area contributed by atoms with Crippen molar-refractivity contribution in [2.75, 3.05) is 9.80 Å². The average Bonchev–Trinajstić information content (AvgIpc) is 3.89. The van der Waals surface area contributed by atoms with Crippen LogP contribution in [-0.4, -0.2) is 0 Å². The second-order valence-electron chi connectivity index (χ2n) is 15.7. The Bertz CT molecular complexity index is 3400. The highest BCUT2D eigenvalue weighted by molar-refractivity contribution is 6.25. The van der Waals surface area contributed by atoms with Gasteiger partial charge in [-0.2, -0.15) is 0 Å². The van der Waals surface area contributed by atoms with Crippen molar-refractivity contribution in [2.24, 2.45) is 0 Å². The lowest BCUT2D eigenvalue weighted by Crippen LogP contribution is -2.12. The summed E-state index contributed by atoms with van der Waals surface area (Å²) in [7, 11) is 0. The normalized spacial score (nSPS) is 11.8. The zero-order chi connectivity index (χ0) is 39.9. The molecule has 12 rings (SSSR count). The summed E-state index contributed by atoms with van der Waals surface area (Å²) in [5.74, 6) is 0. The van der Waals surface area contributed by atoms with Gasteiger partial charge in [0.15, 0.2) is 11.2 Å². The lowest BCUT2D eigenvalue weighted by Gasteiger charge is -2.29. The van der Waals surface area contributed by atoms with Gasteiger partial charge in [0, 0.05) is 43.7 Å². The number of hydrogen-bond acceptors (Lipinski definition) is 4. The molecule has 60 heavy (non-hydrogen) atoms. The third-order valence-electron chi connectivity index (χ3n) is 12.2. The van der Waals surface area contributed by atoms with Gasteiger partial charge in [0.05, 0.1) is 22.7 Å². The minimum Gasteiger partial charge on any atom is -0.454 e. The highest BCUT2D eigenvalue weighted by Crippen LogP contribution is 2.50. The molecule has 4 heteroatoms. The fourth-order valence-electron chi connectivity index (χ4n) is 9.50. The van der Waals surface area contributed by atoms with Crippen molar-refractivity contribution in [3.8, 4) is 0 Å². The molecule has 4 nitrogen and oxygen atoms in total. The van der Waals surface area contributed by atoms with E-state index in [-0.39, 0.29) is 0 Å². The van der Waals surface area contributed by atoms with Gasteiger partial charge in [0.25, 0.3) is 0 Å². The number of rotatable bonds is 6. The van der Waals surface area contributed by atoms with Gasteiger partial charge in [-0.25, -0.2) is 0 Å². The van der Waals surface area contributed by atoms with Crippen LogP contribution in [0.5, 0.6) is 0 Å². The van der Waals surface area contributed by atoms with Crippen LogP contribution in [0, 0.1) is 13.8 Å². The number of anilines is 6. The van der Waals surface area contributed by atoms with Gasteiger partial charge in [-0.05, 0) is 95.1 Å². The number of furan rings is 2. The van der Waals surface area contributed by atoms with Gasteiger partial charge in [-0.1, -0.05) is 146 Å². The fourth-order valence-corrected chi connectivity index (χ4v) is 9.50. The molecule has 0 saturated heterocycles. The second-order valence-corrected chi connectivity index (χ2v) is 15.7. The molecule has 0 N–H and O–H groups in total. The van der Waals surface area contributed by atoms with E-state index in [0.29, 0.717) is 0 Å². The van der Waals surface area contributed by atoms with Crippen LogP contribution >= 0.6 is 0 Å². The third kappa shape index (κ3) is 5.11. The maximum Gasteiger partial charge on any atom is 0.159 e. The molecule has 0 aliphatic carbocycles. The molecule has 12 aromatic rings. The molecule has 0 aliphatic rings. The van der Waals surface area contributed by atoms with Crippen LogP contribution in [0.4, 0.5) is 34.1 Å². The summed E-state index contributed by atoms with van der Waals surface area (Å²) in [5, 5.41) is 11.4. The van der Waals surface area contributed by atoms with E-state index in [1.165, 1.54) is 10.8 Å². The van der Waals surface area contributed by atoms with Crippen molar-refractivity contribution < 1.29 is 8.83 Å². The highest BCUT2D eigenvalue weighted by atomic mass is 16.3. The van der Waals surface area contributed by atoms with E-state index < -0.39 is 0 Å². The molecule has 0 saturated carbocycles. The Kier molecular flexibility index (Phi) is 7.63. The Labute approximate surface area is 346 Å². The van der Waals surface area contributed by atoms with E-state index in [2.05, 4.69) is 218 Å². The summed E-state index contributed by atoms with van der Waals surface area (Å²) >= 11 is 0. The van der Waals surface area contributed by atoms with Gasteiger partial charge < -0.3 is 18.6 Å². The van der Waals surface area contributed by atoms with Crippen molar-refractivity contribution >= 4 is 110 Å². The summed E-state index contributed by atoms with van der Waals surface area (Å²) in [6.07, 6.45) is 0. The molecular formula is C56H38N2O2. The summed E-state index contributed by atoms with van der Waals surface area (Å²) in [5.41, 5.74) is 12.1. The van der Waals surface area contributed by atoms with Gasteiger partial charge in [0.2, 0.25) is 0 Å². The van der Waals surface area contributed by atoms with Crippen LogP contribution in [0.25, 0.3) is 76.2 Å². The molecule has 0 bridgehead atoms. The number of para-hydroxylation sites is 6. The van der Waals surface area contributed by atoms with E-state index in [4.69, 9.17) is 8.83 Å². The van der Waals surface area contributed by atoms with Crippen LogP contribution in [0.2, 0.25) is 0 Å². The fraction of sp³-hybridized carbons (Fsp3) is 0.0357. The van der Waals surface area contributed by atoms with E-state index >= 15 is 0 Å². The average molecular weight is 771 g/mol. The maximum atomic E-state index is 6.84. The van der Waals surface area contributed by atoms with Crippen molar-refractivity contribution in [2.45, 2.75) is 13.8 Å². The molecular weight excluding hydrogens is 733 g/mol. The molecule has 0 fully saturated rings. The smallest absolute Gasteiger partial charge is 0.159 e. The van der Waals surface area contributed by atoms with Crippen molar-refractivity contribution in [1.29, 1.82) is 0 Å². The maximum absolute atomic E-state index is 6.84. The molecule has 0 unspecified atom stereocenters. The Hall–Kier alpha value is -7.82. The highest BCUT2D eigenvalue weighted by Gasteiger charge is 2.26. The number of hydrogen-bond donors (Lipinski definition) is 0.